The molecule has 1 aliphatic carbocycles. The zero-order valence-electron chi connectivity index (χ0n) is 24.5. The molecule has 2 aliphatic rings. The number of piperazine rings is 1. The van der Waals surface area contributed by atoms with Gasteiger partial charge in [0.25, 0.3) is 0 Å². The molecular formula is C34H39IN2O2Si. The third-order valence-corrected chi connectivity index (χ3v) is 10.7. The number of nitrogens with zero attached hydrogens (tertiary/aromatic N) is 2. The molecule has 1 heterocycles. The topological polar surface area (TPSA) is 32.8 Å². The number of hydrogen-bond acceptors (Lipinski definition) is 3. The van der Waals surface area contributed by atoms with Crippen LogP contribution in [0.3, 0.4) is 0 Å². The highest BCUT2D eigenvalue weighted by molar-refractivity contribution is 14.1. The number of benzene rings is 3. The van der Waals surface area contributed by atoms with Crippen LogP contribution >= 0.6 is 22.6 Å². The van der Waals surface area contributed by atoms with E-state index in [0.717, 1.165) is 19.6 Å². The average Bonchev–Trinajstić information content (AvgIpc) is 3.26. The third-order valence-electron chi connectivity index (χ3n) is 8.22. The highest BCUT2D eigenvalue weighted by atomic mass is 127. The first-order valence-electron chi connectivity index (χ1n) is 14.2. The molecule has 0 unspecified atom stereocenters. The fourth-order valence-electron chi connectivity index (χ4n) is 5.91. The molecule has 3 aromatic rings. The summed E-state index contributed by atoms with van der Waals surface area (Å²) in [7, 11) is -1.47. The minimum absolute atomic E-state index is 0.0887. The molecule has 1 fully saturated rings. The van der Waals surface area contributed by atoms with Crippen LogP contribution in [0.25, 0.3) is 11.1 Å². The maximum Gasteiger partial charge on any atom is 0.409 e. The normalized spacial score (nSPS) is 15.3. The van der Waals surface area contributed by atoms with Crippen molar-refractivity contribution in [3.8, 4) is 22.6 Å². The largest absolute Gasteiger partial charge is 0.448 e. The van der Waals surface area contributed by atoms with Crippen LogP contribution in [-0.2, 0) is 11.3 Å². The Bertz CT molecular complexity index is 1460. The summed E-state index contributed by atoms with van der Waals surface area (Å²) >= 11 is 2.48. The molecule has 1 aliphatic heterocycles. The van der Waals surface area contributed by atoms with Crippen LogP contribution in [0.1, 0.15) is 44.9 Å². The van der Waals surface area contributed by atoms with Gasteiger partial charge in [-0.2, -0.15) is 0 Å². The number of carbonyl (C=O) groups is 1. The van der Waals surface area contributed by atoms with E-state index in [9.17, 15) is 4.79 Å². The summed E-state index contributed by atoms with van der Waals surface area (Å²) in [5, 5.41) is 0. The van der Waals surface area contributed by atoms with Crippen LogP contribution in [0.15, 0.2) is 48.5 Å². The van der Waals surface area contributed by atoms with E-state index in [4.69, 9.17) is 4.74 Å². The fourth-order valence-corrected chi connectivity index (χ4v) is 7.00. The first kappa shape index (κ1) is 28.9. The van der Waals surface area contributed by atoms with Crippen molar-refractivity contribution in [1.82, 2.24) is 9.80 Å². The monoisotopic (exact) mass is 662 g/mol. The van der Waals surface area contributed by atoms with E-state index >= 15 is 0 Å². The molecule has 0 N–H and O–H groups in total. The van der Waals surface area contributed by atoms with Gasteiger partial charge < -0.3 is 9.64 Å². The zero-order chi connectivity index (χ0) is 28.6. The van der Waals surface area contributed by atoms with Gasteiger partial charge in [0.15, 0.2) is 0 Å². The zero-order valence-corrected chi connectivity index (χ0v) is 27.7. The Morgan fingerprint density at radius 3 is 2.05 bits per heavy atom. The standard InChI is InChI=1S/C34H39IN2O2Si/c1-23-26(15-20-40(4,5)6)24(2)33(35)25(3)31(23)21-36-16-18-37(19-17-36)34(38)39-22-32-29-13-9-7-11-27(29)28-12-8-10-14-30(28)32/h7-14,32H,16-19,21-22H2,1-6H3. The number of ether oxygens (including phenoxy) is 1. The van der Waals surface area contributed by atoms with Crippen molar-refractivity contribution in [2.45, 2.75) is 52.9 Å². The lowest BCUT2D eigenvalue weighted by Gasteiger charge is -2.35. The molecule has 0 bridgehead atoms. The molecule has 5 rings (SSSR count). The van der Waals surface area contributed by atoms with Crippen molar-refractivity contribution in [2.75, 3.05) is 32.8 Å². The molecule has 0 saturated carbocycles. The summed E-state index contributed by atoms with van der Waals surface area (Å²) in [6.07, 6.45) is -0.206. The molecule has 0 aromatic heterocycles. The Labute approximate surface area is 254 Å². The minimum atomic E-state index is -1.47. The van der Waals surface area contributed by atoms with E-state index in [1.54, 1.807) is 0 Å². The smallest absolute Gasteiger partial charge is 0.409 e. The van der Waals surface area contributed by atoms with Crippen molar-refractivity contribution < 1.29 is 9.53 Å². The van der Waals surface area contributed by atoms with Gasteiger partial charge in [-0.1, -0.05) is 74.1 Å². The number of halogens is 1. The van der Waals surface area contributed by atoms with Gasteiger partial charge in [0.2, 0.25) is 0 Å². The molecule has 0 atom stereocenters. The second kappa shape index (κ2) is 11.7. The van der Waals surface area contributed by atoms with Crippen LogP contribution < -0.4 is 0 Å². The lowest BCUT2D eigenvalue weighted by Crippen LogP contribution is -2.48. The first-order chi connectivity index (χ1) is 19.0. The molecule has 1 saturated heterocycles. The van der Waals surface area contributed by atoms with Gasteiger partial charge in [0, 0.05) is 47.8 Å². The molecule has 6 heteroatoms. The van der Waals surface area contributed by atoms with Crippen molar-refractivity contribution in [3.05, 3.63) is 91.0 Å². The van der Waals surface area contributed by atoms with Crippen molar-refractivity contribution in [3.63, 3.8) is 0 Å². The predicted molar refractivity (Wildman–Crippen MR) is 176 cm³/mol. The second-order valence-corrected chi connectivity index (χ2v) is 17.9. The van der Waals surface area contributed by atoms with E-state index in [1.165, 1.54) is 53.6 Å². The van der Waals surface area contributed by atoms with Crippen LogP contribution in [0, 0.1) is 35.8 Å². The molecule has 40 heavy (non-hydrogen) atoms. The van der Waals surface area contributed by atoms with Gasteiger partial charge >= 0.3 is 6.09 Å². The minimum Gasteiger partial charge on any atom is -0.448 e. The molecule has 0 spiro atoms. The quantitative estimate of drug-likeness (QED) is 0.165. The van der Waals surface area contributed by atoms with E-state index in [0.29, 0.717) is 19.7 Å². The van der Waals surface area contributed by atoms with Crippen LogP contribution in [-0.4, -0.2) is 56.8 Å². The SMILES string of the molecule is Cc1c(I)c(C)c(CN2CCN(C(=O)OCC3c4ccccc4-c4ccccc43)CC2)c(C)c1C#C[Si](C)(C)C. The van der Waals surface area contributed by atoms with E-state index in [-0.39, 0.29) is 12.0 Å². The highest BCUT2D eigenvalue weighted by Gasteiger charge is 2.30. The van der Waals surface area contributed by atoms with Crippen LogP contribution in [0.4, 0.5) is 4.79 Å². The third kappa shape index (κ3) is 5.88. The van der Waals surface area contributed by atoms with Crippen LogP contribution in [0.2, 0.25) is 19.6 Å². The maximum atomic E-state index is 13.1. The van der Waals surface area contributed by atoms with Crippen LogP contribution in [0.5, 0.6) is 0 Å². The van der Waals surface area contributed by atoms with E-state index in [1.807, 2.05) is 4.90 Å². The summed E-state index contributed by atoms with van der Waals surface area (Å²) in [6, 6.07) is 16.9. The molecule has 3 aromatic carbocycles. The second-order valence-electron chi connectivity index (χ2n) is 12.1. The van der Waals surface area contributed by atoms with E-state index in [2.05, 4.69) is 128 Å². The Morgan fingerprint density at radius 2 is 1.48 bits per heavy atom. The van der Waals surface area contributed by atoms with Gasteiger partial charge in [-0.3, -0.25) is 4.90 Å². The summed E-state index contributed by atoms with van der Waals surface area (Å²) in [6.45, 7) is 17.8. The Balaban J connectivity index is 1.22. The summed E-state index contributed by atoms with van der Waals surface area (Å²) < 4.78 is 7.24. The van der Waals surface area contributed by atoms with Crippen molar-refractivity contribution in [2.24, 2.45) is 0 Å². The molecular weight excluding hydrogens is 623 g/mol. The predicted octanol–water partition coefficient (Wildman–Crippen LogP) is 7.51. The number of hydrogen-bond donors (Lipinski definition) is 0. The number of fused-ring (bicyclic) bond motifs is 3. The number of amides is 1. The summed E-state index contributed by atoms with van der Waals surface area (Å²) in [5.74, 6) is 3.65. The lowest BCUT2D eigenvalue weighted by molar-refractivity contribution is 0.0727. The van der Waals surface area contributed by atoms with E-state index < -0.39 is 8.07 Å². The average molecular weight is 663 g/mol. The molecule has 208 valence electrons. The molecule has 4 nitrogen and oxygen atoms in total. The lowest BCUT2D eigenvalue weighted by atomic mass is 9.93. The Kier molecular flexibility index (Phi) is 8.47. The van der Waals surface area contributed by atoms with Crippen molar-refractivity contribution in [1.29, 1.82) is 0 Å². The first-order valence-corrected chi connectivity index (χ1v) is 18.8. The van der Waals surface area contributed by atoms with Gasteiger partial charge in [-0.05, 0) is 87.9 Å². The maximum absolute atomic E-state index is 13.1. The number of carbonyl (C=O) groups excluding carboxylic acids is 1. The molecule has 0 radical (unpaired) electrons. The summed E-state index contributed by atoms with van der Waals surface area (Å²) in [4.78, 5) is 17.4. The van der Waals surface area contributed by atoms with Gasteiger partial charge in [0.05, 0.1) is 0 Å². The summed E-state index contributed by atoms with van der Waals surface area (Å²) in [5.41, 5.74) is 15.1. The molecule has 1 amide bonds. The Morgan fingerprint density at radius 1 is 0.900 bits per heavy atom. The Hall–Kier alpha value is -2.60. The fraction of sp³-hybridized carbons (Fsp3) is 0.382. The highest BCUT2D eigenvalue weighted by Crippen LogP contribution is 2.44. The van der Waals surface area contributed by atoms with Gasteiger partial charge in [-0.25, -0.2) is 4.79 Å². The van der Waals surface area contributed by atoms with Gasteiger partial charge in [-0.15, -0.1) is 5.54 Å². The number of rotatable bonds is 4. The van der Waals surface area contributed by atoms with Crippen molar-refractivity contribution >= 4 is 36.8 Å². The van der Waals surface area contributed by atoms with Gasteiger partial charge in [0.1, 0.15) is 14.7 Å².